The van der Waals surface area contributed by atoms with E-state index in [0.717, 1.165) is 22.9 Å². The molecule has 1 aliphatic rings. The minimum absolute atomic E-state index is 0.0371. The minimum Gasteiger partial charge on any atom is -0.354 e. The molecule has 0 aliphatic carbocycles. The quantitative estimate of drug-likeness (QED) is 0.497. The summed E-state index contributed by atoms with van der Waals surface area (Å²) in [7, 11) is -4.14. The van der Waals surface area contributed by atoms with Crippen molar-refractivity contribution in [3.8, 4) is 0 Å². The highest BCUT2D eigenvalue weighted by molar-refractivity contribution is 9.10. The van der Waals surface area contributed by atoms with Crippen LogP contribution in [0.3, 0.4) is 0 Å². The Kier molecular flexibility index (Phi) is 7.91. The lowest BCUT2D eigenvalue weighted by Gasteiger charge is -2.30. The average molecular weight is 536 g/mol. The van der Waals surface area contributed by atoms with Crippen LogP contribution in [0.2, 0.25) is 0 Å². The normalized spacial score (nSPS) is 15.1. The van der Waals surface area contributed by atoms with E-state index < -0.39 is 34.4 Å². The number of unbranched alkanes of at least 4 members (excludes halogenated alkanes) is 1. The highest BCUT2D eigenvalue weighted by Crippen LogP contribution is 2.30. The van der Waals surface area contributed by atoms with Gasteiger partial charge < -0.3 is 10.2 Å². The number of hydrogen-bond donors (Lipinski definition) is 1. The van der Waals surface area contributed by atoms with Gasteiger partial charge in [0.1, 0.15) is 17.5 Å². The molecule has 0 bridgehead atoms. The lowest BCUT2D eigenvalue weighted by Crippen LogP contribution is -2.51. The van der Waals surface area contributed by atoms with Gasteiger partial charge in [-0.1, -0.05) is 53.5 Å². The van der Waals surface area contributed by atoms with Gasteiger partial charge in [0.2, 0.25) is 11.8 Å². The number of halogens is 1. The topological polar surface area (TPSA) is 104 Å². The summed E-state index contributed by atoms with van der Waals surface area (Å²) in [4.78, 5) is 39.9. The first-order chi connectivity index (χ1) is 15.7. The molecular formula is C23H26BrN3O5S. The Balaban J connectivity index is 1.85. The van der Waals surface area contributed by atoms with Crippen molar-refractivity contribution < 1.29 is 22.8 Å². The van der Waals surface area contributed by atoms with Crippen molar-refractivity contribution in [1.29, 1.82) is 0 Å². The molecule has 0 fully saturated rings. The van der Waals surface area contributed by atoms with E-state index in [2.05, 4.69) is 21.2 Å². The number of nitrogens with zero attached hydrogens (tertiary/aromatic N) is 2. The van der Waals surface area contributed by atoms with Crippen LogP contribution in [0.5, 0.6) is 0 Å². The molecule has 0 aromatic heterocycles. The van der Waals surface area contributed by atoms with Crippen LogP contribution in [0.1, 0.15) is 42.6 Å². The van der Waals surface area contributed by atoms with Crippen LogP contribution in [-0.4, -0.2) is 54.5 Å². The molecule has 33 heavy (non-hydrogen) atoms. The van der Waals surface area contributed by atoms with Crippen LogP contribution >= 0.6 is 15.9 Å². The zero-order valence-corrected chi connectivity index (χ0v) is 20.9. The summed E-state index contributed by atoms with van der Waals surface area (Å²) in [6.45, 7) is 3.48. The molecule has 176 valence electrons. The van der Waals surface area contributed by atoms with Crippen molar-refractivity contribution in [3.63, 3.8) is 0 Å². The molecule has 2 aromatic rings. The lowest BCUT2D eigenvalue weighted by molar-refractivity contribution is -0.140. The number of fused-ring (bicyclic) bond motifs is 1. The Bertz CT molecular complexity index is 1150. The van der Waals surface area contributed by atoms with Crippen molar-refractivity contribution in [1.82, 2.24) is 14.5 Å². The lowest BCUT2D eigenvalue weighted by atomic mass is 10.1. The second-order valence-electron chi connectivity index (χ2n) is 7.78. The van der Waals surface area contributed by atoms with Gasteiger partial charge in [-0.3, -0.25) is 14.4 Å². The monoisotopic (exact) mass is 535 g/mol. The van der Waals surface area contributed by atoms with E-state index in [1.165, 1.54) is 23.1 Å². The fourth-order valence-corrected chi connectivity index (χ4v) is 5.29. The third-order valence-corrected chi connectivity index (χ3v) is 7.77. The van der Waals surface area contributed by atoms with Gasteiger partial charge in [0.25, 0.3) is 15.9 Å². The first kappa shape index (κ1) is 24.9. The van der Waals surface area contributed by atoms with E-state index in [4.69, 9.17) is 0 Å². The number of nitrogens with one attached hydrogen (secondary N) is 1. The van der Waals surface area contributed by atoms with Gasteiger partial charge >= 0.3 is 0 Å². The van der Waals surface area contributed by atoms with Gasteiger partial charge in [-0.05, 0) is 43.2 Å². The summed E-state index contributed by atoms with van der Waals surface area (Å²) in [5.41, 5.74) is 0.800. The minimum atomic E-state index is -4.14. The predicted octanol–water partition coefficient (Wildman–Crippen LogP) is 2.93. The first-order valence-corrected chi connectivity index (χ1v) is 12.9. The van der Waals surface area contributed by atoms with E-state index in [1.54, 1.807) is 25.1 Å². The van der Waals surface area contributed by atoms with Crippen LogP contribution < -0.4 is 5.32 Å². The van der Waals surface area contributed by atoms with E-state index in [0.29, 0.717) is 10.8 Å². The number of hydrogen-bond acceptors (Lipinski definition) is 5. The molecule has 1 aliphatic heterocycles. The molecule has 3 amide bonds. The van der Waals surface area contributed by atoms with Crippen LogP contribution in [0, 0.1) is 0 Å². The number of carbonyl (C=O) groups is 3. The molecule has 0 unspecified atom stereocenters. The number of benzene rings is 2. The summed E-state index contributed by atoms with van der Waals surface area (Å²) in [5.74, 6) is -1.73. The predicted molar refractivity (Wildman–Crippen MR) is 127 cm³/mol. The maximum Gasteiger partial charge on any atom is 0.269 e. The molecule has 0 spiro atoms. The van der Waals surface area contributed by atoms with Crippen molar-refractivity contribution in [2.75, 3.05) is 13.1 Å². The van der Waals surface area contributed by atoms with Crippen LogP contribution in [0.15, 0.2) is 57.9 Å². The number of amides is 3. The Morgan fingerprint density at radius 2 is 1.79 bits per heavy atom. The molecule has 1 atom stereocenters. The highest BCUT2D eigenvalue weighted by atomic mass is 79.9. The van der Waals surface area contributed by atoms with E-state index in [1.807, 2.05) is 19.1 Å². The van der Waals surface area contributed by atoms with Gasteiger partial charge in [-0.15, -0.1) is 0 Å². The van der Waals surface area contributed by atoms with Crippen molar-refractivity contribution in [2.24, 2.45) is 0 Å². The maximum absolute atomic E-state index is 13.3. The highest BCUT2D eigenvalue weighted by Gasteiger charge is 2.43. The molecule has 1 heterocycles. The summed E-state index contributed by atoms with van der Waals surface area (Å²) in [5, 5.41) is 2.81. The largest absolute Gasteiger partial charge is 0.354 e. The summed E-state index contributed by atoms with van der Waals surface area (Å²) in [6, 6.07) is 12.2. The van der Waals surface area contributed by atoms with Gasteiger partial charge in [-0.25, -0.2) is 12.7 Å². The zero-order chi connectivity index (χ0) is 24.2. The Morgan fingerprint density at radius 3 is 2.42 bits per heavy atom. The average Bonchev–Trinajstić information content (AvgIpc) is 2.99. The van der Waals surface area contributed by atoms with E-state index in [9.17, 15) is 22.8 Å². The standard InChI is InChI=1S/C23H26BrN3O5S/c1-3-4-13-25-22(29)16(2)26(14-17-9-11-18(24)12-10-17)21(28)15-27-23(30)19-7-5-6-8-20(19)33(27,31)32/h5-12,16H,3-4,13-15H2,1-2H3,(H,25,29)/t16-/m1/s1. The molecule has 1 N–H and O–H groups in total. The molecule has 0 radical (unpaired) electrons. The smallest absolute Gasteiger partial charge is 0.269 e. The number of carbonyl (C=O) groups excluding carboxylic acids is 3. The molecule has 10 heteroatoms. The fourth-order valence-electron chi connectivity index (χ4n) is 3.51. The molecule has 0 saturated heterocycles. The third kappa shape index (κ3) is 5.44. The second kappa shape index (κ2) is 10.5. The molecule has 8 nitrogen and oxygen atoms in total. The van der Waals surface area contributed by atoms with Gasteiger partial charge in [0.15, 0.2) is 0 Å². The summed E-state index contributed by atoms with van der Waals surface area (Å²) >= 11 is 3.36. The van der Waals surface area contributed by atoms with Gasteiger partial charge in [0.05, 0.1) is 5.56 Å². The van der Waals surface area contributed by atoms with Crippen LogP contribution in [0.25, 0.3) is 0 Å². The summed E-state index contributed by atoms with van der Waals surface area (Å²) < 4.78 is 27.2. The Morgan fingerprint density at radius 1 is 1.12 bits per heavy atom. The molecule has 3 rings (SSSR count). The van der Waals surface area contributed by atoms with Crippen LogP contribution in [-0.2, 0) is 26.2 Å². The number of sulfonamides is 1. The first-order valence-electron chi connectivity index (χ1n) is 10.6. The fraction of sp³-hybridized carbons (Fsp3) is 0.348. The van der Waals surface area contributed by atoms with Gasteiger partial charge in [-0.2, -0.15) is 0 Å². The van der Waals surface area contributed by atoms with E-state index in [-0.39, 0.29) is 22.9 Å². The number of rotatable bonds is 9. The Hall–Kier alpha value is -2.72. The molecular weight excluding hydrogens is 510 g/mol. The zero-order valence-electron chi connectivity index (χ0n) is 18.5. The van der Waals surface area contributed by atoms with Crippen LogP contribution in [0.4, 0.5) is 0 Å². The van der Waals surface area contributed by atoms with E-state index >= 15 is 0 Å². The van der Waals surface area contributed by atoms with Crippen molar-refractivity contribution >= 4 is 43.7 Å². The third-order valence-electron chi connectivity index (χ3n) is 5.45. The summed E-state index contributed by atoms with van der Waals surface area (Å²) in [6.07, 6.45) is 1.71. The molecule has 0 saturated carbocycles. The maximum atomic E-state index is 13.3. The van der Waals surface area contributed by atoms with Gasteiger partial charge in [0, 0.05) is 17.6 Å². The second-order valence-corrected chi connectivity index (χ2v) is 10.5. The van der Waals surface area contributed by atoms with Crippen molar-refractivity contribution in [3.05, 3.63) is 64.1 Å². The van der Waals surface area contributed by atoms with Crippen molar-refractivity contribution in [2.45, 2.75) is 44.2 Å². The Labute approximate surface area is 202 Å². The SMILES string of the molecule is CCCCNC(=O)[C@@H](C)N(Cc1ccc(Br)cc1)C(=O)CN1C(=O)c2ccccc2S1(=O)=O. The molecule has 2 aromatic carbocycles.